The van der Waals surface area contributed by atoms with Gasteiger partial charge in [0.1, 0.15) is 5.17 Å². The molecular weight excluding hydrogens is 110 g/mol. The van der Waals surface area contributed by atoms with E-state index in [4.69, 9.17) is 17.0 Å². The van der Waals surface area contributed by atoms with Gasteiger partial charge in [-0.05, 0) is 19.4 Å². The first kappa shape index (κ1) is 6.70. The molecule has 0 bridgehead atoms. The molecule has 0 rings (SSSR count). The topological polar surface area (TPSA) is 23.9 Å². The Labute approximate surface area is 48.5 Å². The van der Waals surface area contributed by atoms with Crippen molar-refractivity contribution in [3.63, 3.8) is 0 Å². The summed E-state index contributed by atoms with van der Waals surface area (Å²) in [4.78, 5) is 0. The first-order valence-corrected chi connectivity index (χ1v) is 2.43. The van der Waals surface area contributed by atoms with Crippen LogP contribution in [0.5, 0.6) is 0 Å². The van der Waals surface area contributed by atoms with Gasteiger partial charge in [0.05, 0.1) is 0 Å². The lowest BCUT2D eigenvalue weighted by Crippen LogP contribution is -1.82. The molecule has 0 unspecified atom stereocenters. The smallest absolute Gasteiger partial charge is 0.123 e. The Morgan fingerprint density at radius 2 is 2.14 bits per heavy atom. The molecular formula is C5H8ClN. The van der Waals surface area contributed by atoms with Crippen molar-refractivity contribution in [3.05, 3.63) is 11.6 Å². The summed E-state index contributed by atoms with van der Waals surface area (Å²) in [6.45, 7) is 3.65. The molecule has 0 amide bonds. The lowest BCUT2D eigenvalue weighted by atomic mass is 10.3. The van der Waals surface area contributed by atoms with Crippen LogP contribution in [0.3, 0.4) is 0 Å². The van der Waals surface area contributed by atoms with Gasteiger partial charge in [-0.1, -0.05) is 17.7 Å². The molecule has 0 aromatic rings. The fourth-order valence-electron chi connectivity index (χ4n) is 0.127. The summed E-state index contributed by atoms with van der Waals surface area (Å²) >= 11 is 5.24. The van der Waals surface area contributed by atoms with Crippen LogP contribution in [-0.2, 0) is 0 Å². The largest absolute Gasteiger partial charge is 0.289 e. The molecule has 0 radical (unpaired) electrons. The Morgan fingerprint density at radius 3 is 2.14 bits per heavy atom. The predicted octanol–water partition coefficient (Wildman–Crippen LogP) is 2.17. The summed E-state index contributed by atoms with van der Waals surface area (Å²) in [6.07, 6.45) is 1.80. The summed E-state index contributed by atoms with van der Waals surface area (Å²) in [5.74, 6) is 0. The predicted molar refractivity (Wildman–Crippen MR) is 33.0 cm³/mol. The van der Waals surface area contributed by atoms with Gasteiger partial charge >= 0.3 is 0 Å². The molecule has 0 atom stereocenters. The molecule has 0 aromatic carbocycles. The van der Waals surface area contributed by atoms with Crippen LogP contribution < -0.4 is 0 Å². The van der Waals surface area contributed by atoms with Crippen LogP contribution in [0.25, 0.3) is 0 Å². The zero-order valence-electron chi connectivity index (χ0n) is 4.46. The molecule has 0 saturated heterocycles. The van der Waals surface area contributed by atoms with Gasteiger partial charge in [-0.3, -0.25) is 5.41 Å². The summed E-state index contributed by atoms with van der Waals surface area (Å²) in [5.41, 5.74) is 0.821. The van der Waals surface area contributed by atoms with E-state index < -0.39 is 0 Å². The SMILES string of the molecule is C/C=C(/C)C(=N)Cl. The molecule has 7 heavy (non-hydrogen) atoms. The van der Waals surface area contributed by atoms with Crippen molar-refractivity contribution < 1.29 is 0 Å². The van der Waals surface area contributed by atoms with E-state index in [1.807, 2.05) is 6.92 Å². The molecule has 0 saturated carbocycles. The van der Waals surface area contributed by atoms with E-state index in [1.165, 1.54) is 0 Å². The van der Waals surface area contributed by atoms with Crippen LogP contribution in [0.4, 0.5) is 0 Å². The number of halogens is 1. The van der Waals surface area contributed by atoms with E-state index in [-0.39, 0.29) is 5.17 Å². The third kappa shape index (κ3) is 2.40. The highest BCUT2D eigenvalue weighted by molar-refractivity contribution is 6.68. The standard InChI is InChI=1S/C5H8ClN/c1-3-4(2)5(6)7/h3,7H,1-2H3/b4-3-,7-5?. The van der Waals surface area contributed by atoms with E-state index >= 15 is 0 Å². The van der Waals surface area contributed by atoms with Gasteiger partial charge in [-0.15, -0.1) is 0 Å². The number of hydrogen-bond donors (Lipinski definition) is 1. The van der Waals surface area contributed by atoms with Crippen molar-refractivity contribution in [2.24, 2.45) is 0 Å². The lowest BCUT2D eigenvalue weighted by molar-refractivity contribution is 1.47. The van der Waals surface area contributed by atoms with Crippen molar-refractivity contribution in [2.45, 2.75) is 13.8 Å². The molecule has 0 spiro atoms. The van der Waals surface area contributed by atoms with Crippen molar-refractivity contribution in [3.8, 4) is 0 Å². The maximum absolute atomic E-state index is 6.80. The van der Waals surface area contributed by atoms with Gasteiger partial charge in [0, 0.05) is 0 Å². The van der Waals surface area contributed by atoms with Crippen molar-refractivity contribution >= 4 is 16.8 Å². The van der Waals surface area contributed by atoms with E-state index in [0.29, 0.717) is 0 Å². The summed E-state index contributed by atoms with van der Waals surface area (Å²) in [5, 5.41) is 6.92. The molecule has 1 N–H and O–H groups in total. The Morgan fingerprint density at radius 1 is 1.71 bits per heavy atom. The van der Waals surface area contributed by atoms with Crippen LogP contribution in [0.2, 0.25) is 0 Å². The van der Waals surface area contributed by atoms with Crippen LogP contribution in [0, 0.1) is 5.41 Å². The second-order valence-electron chi connectivity index (χ2n) is 1.29. The first-order chi connectivity index (χ1) is 3.18. The Hall–Kier alpha value is -0.300. The normalized spacial score (nSPS) is 11.6. The molecule has 40 valence electrons. The summed E-state index contributed by atoms with van der Waals surface area (Å²) < 4.78 is 0. The molecule has 0 aliphatic heterocycles. The highest BCUT2D eigenvalue weighted by atomic mass is 35.5. The Balaban J connectivity index is 3.82. The molecule has 0 fully saturated rings. The maximum atomic E-state index is 6.80. The molecule has 0 aliphatic rings. The minimum atomic E-state index is 0.127. The average Bonchev–Trinajstić information content (AvgIpc) is 1.65. The average molecular weight is 118 g/mol. The van der Waals surface area contributed by atoms with E-state index in [2.05, 4.69) is 0 Å². The zero-order chi connectivity index (χ0) is 5.86. The highest BCUT2D eigenvalue weighted by Gasteiger charge is 1.87. The third-order valence-corrected chi connectivity index (χ3v) is 1.08. The van der Waals surface area contributed by atoms with Crippen LogP contribution in [0.15, 0.2) is 11.6 Å². The monoisotopic (exact) mass is 117 g/mol. The van der Waals surface area contributed by atoms with Crippen molar-refractivity contribution in [1.82, 2.24) is 0 Å². The van der Waals surface area contributed by atoms with Crippen LogP contribution >= 0.6 is 11.6 Å². The van der Waals surface area contributed by atoms with Gasteiger partial charge in [-0.2, -0.15) is 0 Å². The quantitative estimate of drug-likeness (QED) is 0.509. The number of allylic oxidation sites excluding steroid dienone is 2. The van der Waals surface area contributed by atoms with E-state index in [9.17, 15) is 0 Å². The highest BCUT2D eigenvalue weighted by Crippen LogP contribution is 1.96. The number of rotatable bonds is 1. The van der Waals surface area contributed by atoms with Crippen molar-refractivity contribution in [1.29, 1.82) is 5.41 Å². The Kier molecular flexibility index (Phi) is 2.68. The molecule has 0 heterocycles. The summed E-state index contributed by atoms with van der Waals surface area (Å²) in [6, 6.07) is 0. The van der Waals surface area contributed by atoms with E-state index in [1.54, 1.807) is 13.0 Å². The fourth-order valence-corrected chi connectivity index (χ4v) is 0.236. The van der Waals surface area contributed by atoms with Gasteiger partial charge in [-0.25, -0.2) is 0 Å². The Bertz CT molecular complexity index is 105. The van der Waals surface area contributed by atoms with Crippen LogP contribution in [-0.4, -0.2) is 5.17 Å². The fraction of sp³-hybridized carbons (Fsp3) is 0.400. The van der Waals surface area contributed by atoms with Gasteiger partial charge < -0.3 is 0 Å². The molecule has 0 aliphatic carbocycles. The second kappa shape index (κ2) is 2.80. The molecule has 0 aromatic heterocycles. The number of hydrogen-bond acceptors (Lipinski definition) is 1. The van der Waals surface area contributed by atoms with Gasteiger partial charge in [0.15, 0.2) is 0 Å². The minimum Gasteiger partial charge on any atom is -0.289 e. The minimum absolute atomic E-state index is 0.127. The van der Waals surface area contributed by atoms with Gasteiger partial charge in [0.2, 0.25) is 0 Å². The third-order valence-electron chi connectivity index (χ3n) is 0.779. The number of nitrogens with one attached hydrogen (secondary N) is 1. The lowest BCUT2D eigenvalue weighted by Gasteiger charge is -1.86. The second-order valence-corrected chi connectivity index (χ2v) is 1.66. The van der Waals surface area contributed by atoms with Crippen molar-refractivity contribution in [2.75, 3.05) is 0 Å². The molecule has 2 heteroatoms. The molecule has 1 nitrogen and oxygen atoms in total. The van der Waals surface area contributed by atoms with Gasteiger partial charge in [0.25, 0.3) is 0 Å². The van der Waals surface area contributed by atoms with Crippen LogP contribution in [0.1, 0.15) is 13.8 Å². The first-order valence-electron chi connectivity index (χ1n) is 2.06. The zero-order valence-corrected chi connectivity index (χ0v) is 5.21. The van der Waals surface area contributed by atoms with E-state index in [0.717, 1.165) is 5.57 Å². The maximum Gasteiger partial charge on any atom is 0.123 e. The summed E-state index contributed by atoms with van der Waals surface area (Å²) in [7, 11) is 0.